The maximum Gasteiger partial charge on any atom is 0.272 e. The Kier molecular flexibility index (Phi) is 2.29. The van der Waals surface area contributed by atoms with Crippen molar-refractivity contribution in [2.24, 2.45) is 0 Å². The number of β-amino-alcohol motifs (C(OH)–C–C–N with tert-alkyl or cyclic N) is 1. The third kappa shape index (κ3) is 1.66. The van der Waals surface area contributed by atoms with Gasteiger partial charge in [-0.25, -0.2) is 0 Å². The molecule has 3 heterocycles. The first-order valence-corrected chi connectivity index (χ1v) is 6.72. The molecule has 7 heteroatoms. The van der Waals surface area contributed by atoms with Gasteiger partial charge in [0.1, 0.15) is 11.3 Å². The molecule has 1 saturated carbocycles. The molecule has 1 saturated heterocycles. The average molecular weight is 273 g/mol. The van der Waals surface area contributed by atoms with Gasteiger partial charge in [0.05, 0.1) is 25.0 Å². The SMILES string of the molecule is O=C(c1[nH]ncc1C1CC1)N1CC(O)(c2ccn[nH]2)C1. The van der Waals surface area contributed by atoms with Crippen LogP contribution < -0.4 is 0 Å². The van der Waals surface area contributed by atoms with Crippen molar-refractivity contribution >= 4 is 5.91 Å². The summed E-state index contributed by atoms with van der Waals surface area (Å²) < 4.78 is 0. The second kappa shape index (κ2) is 3.92. The topological polar surface area (TPSA) is 97.9 Å². The Balaban J connectivity index is 1.50. The third-order valence-electron chi connectivity index (χ3n) is 4.09. The zero-order valence-corrected chi connectivity index (χ0v) is 10.8. The minimum Gasteiger partial charge on any atom is -0.380 e. The predicted molar refractivity (Wildman–Crippen MR) is 69.0 cm³/mol. The molecule has 2 aliphatic rings. The zero-order valence-electron chi connectivity index (χ0n) is 10.8. The number of amides is 1. The van der Waals surface area contributed by atoms with Gasteiger partial charge in [-0.1, -0.05) is 0 Å². The van der Waals surface area contributed by atoms with E-state index in [9.17, 15) is 9.90 Å². The first-order valence-electron chi connectivity index (χ1n) is 6.72. The van der Waals surface area contributed by atoms with Gasteiger partial charge < -0.3 is 10.0 Å². The number of hydrogen-bond donors (Lipinski definition) is 3. The zero-order chi connectivity index (χ0) is 13.7. The molecule has 104 valence electrons. The largest absolute Gasteiger partial charge is 0.380 e. The van der Waals surface area contributed by atoms with E-state index in [0.29, 0.717) is 17.3 Å². The Morgan fingerprint density at radius 2 is 2.15 bits per heavy atom. The molecule has 0 aromatic carbocycles. The summed E-state index contributed by atoms with van der Waals surface area (Å²) in [7, 11) is 0. The van der Waals surface area contributed by atoms with E-state index in [1.165, 1.54) is 0 Å². The second-order valence-corrected chi connectivity index (χ2v) is 5.64. The lowest BCUT2D eigenvalue weighted by atomic mass is 9.90. The summed E-state index contributed by atoms with van der Waals surface area (Å²) in [6, 6.07) is 1.73. The maximum absolute atomic E-state index is 12.4. The van der Waals surface area contributed by atoms with Crippen LogP contribution in [0.2, 0.25) is 0 Å². The number of hydrogen-bond acceptors (Lipinski definition) is 4. The van der Waals surface area contributed by atoms with E-state index >= 15 is 0 Å². The summed E-state index contributed by atoms with van der Waals surface area (Å²) in [5.41, 5.74) is 1.21. The molecule has 4 rings (SSSR count). The first kappa shape index (κ1) is 11.7. The average Bonchev–Trinajstić information content (AvgIpc) is 2.95. The van der Waals surface area contributed by atoms with E-state index in [-0.39, 0.29) is 19.0 Å². The number of aromatic nitrogens is 4. The first-order chi connectivity index (χ1) is 9.67. The molecule has 0 radical (unpaired) electrons. The van der Waals surface area contributed by atoms with Crippen molar-refractivity contribution in [2.45, 2.75) is 24.4 Å². The molecule has 20 heavy (non-hydrogen) atoms. The molecular weight excluding hydrogens is 258 g/mol. The lowest BCUT2D eigenvalue weighted by Gasteiger charge is -2.45. The van der Waals surface area contributed by atoms with Crippen molar-refractivity contribution < 1.29 is 9.90 Å². The molecular formula is C13H15N5O2. The van der Waals surface area contributed by atoms with E-state index < -0.39 is 5.60 Å². The van der Waals surface area contributed by atoms with Crippen LogP contribution in [-0.4, -0.2) is 49.4 Å². The summed E-state index contributed by atoms with van der Waals surface area (Å²) >= 11 is 0. The van der Waals surface area contributed by atoms with Crippen molar-refractivity contribution in [1.29, 1.82) is 0 Å². The van der Waals surface area contributed by atoms with Crippen LogP contribution in [0.4, 0.5) is 0 Å². The maximum atomic E-state index is 12.4. The quantitative estimate of drug-likeness (QED) is 0.751. The molecule has 0 bridgehead atoms. The Bertz CT molecular complexity index is 638. The Morgan fingerprint density at radius 1 is 1.35 bits per heavy atom. The van der Waals surface area contributed by atoms with E-state index in [4.69, 9.17) is 0 Å². The van der Waals surface area contributed by atoms with Gasteiger partial charge in [0.25, 0.3) is 5.91 Å². The molecule has 7 nitrogen and oxygen atoms in total. The van der Waals surface area contributed by atoms with Gasteiger partial charge in [0.15, 0.2) is 0 Å². The molecule has 1 amide bonds. The lowest BCUT2D eigenvalue weighted by molar-refractivity contribution is -0.0894. The fraction of sp³-hybridized carbons (Fsp3) is 0.462. The fourth-order valence-corrected chi connectivity index (χ4v) is 2.74. The van der Waals surface area contributed by atoms with E-state index in [1.54, 1.807) is 23.4 Å². The van der Waals surface area contributed by atoms with Crippen molar-refractivity contribution in [2.75, 3.05) is 13.1 Å². The van der Waals surface area contributed by atoms with E-state index in [0.717, 1.165) is 18.4 Å². The summed E-state index contributed by atoms with van der Waals surface area (Å²) in [6.45, 7) is 0.550. The number of likely N-dealkylation sites (tertiary alicyclic amines) is 1. The highest BCUT2D eigenvalue weighted by Gasteiger charge is 2.47. The van der Waals surface area contributed by atoms with Crippen LogP contribution in [0.25, 0.3) is 0 Å². The monoisotopic (exact) mass is 273 g/mol. The van der Waals surface area contributed by atoms with E-state index in [2.05, 4.69) is 20.4 Å². The minimum absolute atomic E-state index is 0.0893. The number of aliphatic hydroxyl groups is 1. The predicted octanol–water partition coefficient (Wildman–Crippen LogP) is 0.354. The molecule has 0 unspecified atom stereocenters. The van der Waals surface area contributed by atoms with Crippen molar-refractivity contribution in [1.82, 2.24) is 25.3 Å². The Labute approximate surface area is 115 Å². The fourth-order valence-electron chi connectivity index (χ4n) is 2.74. The van der Waals surface area contributed by atoms with Gasteiger partial charge in [-0.05, 0) is 24.8 Å². The van der Waals surface area contributed by atoms with Crippen LogP contribution in [0.1, 0.15) is 40.5 Å². The van der Waals surface area contributed by atoms with E-state index in [1.807, 2.05) is 0 Å². The number of rotatable bonds is 3. The number of carbonyl (C=O) groups is 1. The number of nitrogens with zero attached hydrogens (tertiary/aromatic N) is 3. The summed E-state index contributed by atoms with van der Waals surface area (Å²) in [5.74, 6) is 0.383. The molecule has 2 fully saturated rings. The third-order valence-corrected chi connectivity index (χ3v) is 4.09. The second-order valence-electron chi connectivity index (χ2n) is 5.64. The van der Waals surface area contributed by atoms with Crippen LogP contribution in [0, 0.1) is 0 Å². The summed E-state index contributed by atoms with van der Waals surface area (Å²) in [4.78, 5) is 14.0. The Morgan fingerprint density at radius 3 is 2.80 bits per heavy atom. The number of carbonyl (C=O) groups excluding carboxylic acids is 1. The van der Waals surface area contributed by atoms with Gasteiger partial charge in [-0.15, -0.1) is 0 Å². The minimum atomic E-state index is -1.01. The number of nitrogens with one attached hydrogen (secondary N) is 2. The number of H-pyrrole nitrogens is 2. The normalized spacial score (nSPS) is 20.8. The highest BCUT2D eigenvalue weighted by Crippen LogP contribution is 2.42. The van der Waals surface area contributed by atoms with Crippen LogP contribution >= 0.6 is 0 Å². The van der Waals surface area contributed by atoms with Crippen LogP contribution in [-0.2, 0) is 5.60 Å². The van der Waals surface area contributed by atoms with Crippen LogP contribution in [0.3, 0.4) is 0 Å². The van der Waals surface area contributed by atoms with Gasteiger partial charge >= 0.3 is 0 Å². The number of aromatic amines is 2. The van der Waals surface area contributed by atoms with Crippen molar-refractivity contribution in [3.05, 3.63) is 35.4 Å². The summed E-state index contributed by atoms with van der Waals surface area (Å²) in [6.07, 6.45) is 5.58. The highest BCUT2D eigenvalue weighted by molar-refractivity contribution is 5.94. The summed E-state index contributed by atoms with van der Waals surface area (Å²) in [5, 5.41) is 23.7. The lowest BCUT2D eigenvalue weighted by Crippen LogP contribution is -2.61. The van der Waals surface area contributed by atoms with Gasteiger partial charge in [-0.3, -0.25) is 15.0 Å². The molecule has 1 aliphatic carbocycles. The van der Waals surface area contributed by atoms with Gasteiger partial charge in [0.2, 0.25) is 0 Å². The van der Waals surface area contributed by atoms with Crippen molar-refractivity contribution in [3.8, 4) is 0 Å². The molecule has 2 aromatic heterocycles. The molecule has 2 aromatic rings. The molecule has 0 atom stereocenters. The standard InChI is InChI=1S/C13H15N5O2/c19-12(11-9(5-15-17-11)8-1-2-8)18-6-13(20,7-18)10-3-4-14-16-10/h3-5,8,20H,1-2,6-7H2,(H,14,16)(H,15,17). The smallest absolute Gasteiger partial charge is 0.272 e. The van der Waals surface area contributed by atoms with Gasteiger partial charge in [-0.2, -0.15) is 10.2 Å². The van der Waals surface area contributed by atoms with Crippen LogP contribution in [0.15, 0.2) is 18.5 Å². The Hall–Kier alpha value is -2.15. The molecule has 3 N–H and O–H groups in total. The van der Waals surface area contributed by atoms with Gasteiger partial charge in [0, 0.05) is 11.8 Å². The highest BCUT2D eigenvalue weighted by atomic mass is 16.3. The molecule has 1 aliphatic heterocycles. The van der Waals surface area contributed by atoms with Crippen LogP contribution in [0.5, 0.6) is 0 Å². The molecule has 0 spiro atoms. The van der Waals surface area contributed by atoms with Crippen molar-refractivity contribution in [3.63, 3.8) is 0 Å².